The average molecular weight is 557 g/mol. The molecular weight excluding hydrogens is 519 g/mol. The van der Waals surface area contributed by atoms with Crippen LogP contribution in [0.15, 0.2) is 36.5 Å². The molecule has 2 bridgehead atoms. The van der Waals surface area contributed by atoms with Gasteiger partial charge in [-0.2, -0.15) is 0 Å². The second-order valence-electron chi connectivity index (χ2n) is 13.2. The predicted molar refractivity (Wildman–Crippen MR) is 155 cm³/mol. The third kappa shape index (κ3) is 4.03. The number of imidazole rings is 1. The van der Waals surface area contributed by atoms with Crippen molar-refractivity contribution in [3.63, 3.8) is 0 Å². The molecule has 4 aromatic rings. The van der Waals surface area contributed by atoms with Crippen molar-refractivity contribution in [2.75, 3.05) is 13.7 Å². The lowest BCUT2D eigenvalue weighted by atomic mass is 9.72. The van der Waals surface area contributed by atoms with Crippen molar-refractivity contribution in [3.05, 3.63) is 47.9 Å². The van der Waals surface area contributed by atoms with E-state index in [1.807, 2.05) is 21.7 Å². The first kappa shape index (κ1) is 25.4. The summed E-state index contributed by atoms with van der Waals surface area (Å²) in [5, 5.41) is 1.05. The molecule has 2 unspecified atom stereocenters. The van der Waals surface area contributed by atoms with Crippen LogP contribution in [0.1, 0.15) is 55.8 Å². The number of piperidine rings is 1. The van der Waals surface area contributed by atoms with E-state index in [0.717, 1.165) is 54.8 Å². The third-order valence-corrected chi connectivity index (χ3v) is 10.4. The fourth-order valence-corrected chi connectivity index (χ4v) is 7.89. The number of rotatable bonds is 7. The number of halogens is 1. The summed E-state index contributed by atoms with van der Waals surface area (Å²) in [7, 11) is 1.76. The Bertz CT molecular complexity index is 1680. The highest BCUT2D eigenvalue weighted by Crippen LogP contribution is 2.43. The van der Waals surface area contributed by atoms with Gasteiger partial charge in [0.15, 0.2) is 5.82 Å². The van der Waals surface area contributed by atoms with E-state index >= 15 is 4.39 Å². The van der Waals surface area contributed by atoms with Crippen molar-refractivity contribution in [2.45, 2.75) is 76.2 Å². The lowest BCUT2D eigenvalue weighted by molar-refractivity contribution is -0.0937. The summed E-state index contributed by atoms with van der Waals surface area (Å²) in [6, 6.07) is 9.40. The molecule has 0 radical (unpaired) electrons. The molecule has 3 atom stereocenters. The molecule has 3 aromatic heterocycles. The van der Waals surface area contributed by atoms with Crippen LogP contribution in [0.25, 0.3) is 33.6 Å². The minimum atomic E-state index is -0.407. The SMILES string of the molecule is COC1(C)CC(Cn2c(-c3cc4cccnc4n3CC3CC3)nc3cc(C(=O)N4C[C@H]5CCC4C5N)cc(F)c32)C1. The molecule has 1 saturated heterocycles. The Hall–Kier alpha value is -3.30. The van der Waals surface area contributed by atoms with E-state index in [4.69, 9.17) is 20.4 Å². The lowest BCUT2D eigenvalue weighted by Crippen LogP contribution is -2.44. The Labute approximate surface area is 238 Å². The van der Waals surface area contributed by atoms with Gasteiger partial charge in [-0.25, -0.2) is 14.4 Å². The zero-order valence-corrected chi connectivity index (χ0v) is 23.7. The van der Waals surface area contributed by atoms with Crippen LogP contribution in [0.2, 0.25) is 0 Å². The molecule has 3 saturated carbocycles. The normalized spacial score (nSPS) is 29.1. The number of likely N-dealkylation sites (tertiary alicyclic amines) is 1. The number of hydrogen-bond donors (Lipinski definition) is 1. The van der Waals surface area contributed by atoms with Gasteiger partial charge in [-0.05, 0) is 93.5 Å². The summed E-state index contributed by atoms with van der Waals surface area (Å²) >= 11 is 0. The summed E-state index contributed by atoms with van der Waals surface area (Å²) in [5.74, 6) is 1.49. The van der Waals surface area contributed by atoms with Crippen LogP contribution in [-0.4, -0.2) is 61.2 Å². The molecule has 1 amide bonds. The van der Waals surface area contributed by atoms with Crippen molar-refractivity contribution in [3.8, 4) is 11.5 Å². The number of carbonyl (C=O) groups excluding carboxylic acids is 1. The van der Waals surface area contributed by atoms with Crippen LogP contribution in [0.4, 0.5) is 4.39 Å². The van der Waals surface area contributed by atoms with Crippen LogP contribution in [0.5, 0.6) is 0 Å². The van der Waals surface area contributed by atoms with Gasteiger partial charge in [0.05, 0.1) is 16.8 Å². The van der Waals surface area contributed by atoms with E-state index in [2.05, 4.69) is 23.6 Å². The van der Waals surface area contributed by atoms with Gasteiger partial charge in [-0.15, -0.1) is 0 Å². The summed E-state index contributed by atoms with van der Waals surface area (Å²) in [5.41, 5.74) is 9.44. The molecule has 4 aliphatic rings. The molecule has 1 aromatic carbocycles. The summed E-state index contributed by atoms with van der Waals surface area (Å²) in [6.45, 7) is 4.29. The third-order valence-electron chi connectivity index (χ3n) is 10.4. The van der Waals surface area contributed by atoms with Gasteiger partial charge < -0.3 is 24.5 Å². The second-order valence-corrected chi connectivity index (χ2v) is 13.2. The van der Waals surface area contributed by atoms with Gasteiger partial charge in [0.2, 0.25) is 0 Å². The van der Waals surface area contributed by atoms with Crippen LogP contribution in [0, 0.1) is 23.6 Å². The van der Waals surface area contributed by atoms with Gasteiger partial charge >= 0.3 is 0 Å². The van der Waals surface area contributed by atoms with Gasteiger partial charge in [0, 0.05) is 56.0 Å². The van der Waals surface area contributed by atoms with Crippen LogP contribution < -0.4 is 5.73 Å². The zero-order chi connectivity index (χ0) is 28.0. The van der Waals surface area contributed by atoms with Crippen molar-refractivity contribution in [1.82, 2.24) is 24.0 Å². The van der Waals surface area contributed by atoms with Crippen molar-refractivity contribution >= 4 is 28.0 Å². The summed E-state index contributed by atoms with van der Waals surface area (Å²) in [4.78, 5) is 25.3. The number of pyridine rings is 1. The van der Waals surface area contributed by atoms with Gasteiger partial charge in [-0.3, -0.25) is 4.79 Å². The Morgan fingerprint density at radius 2 is 1.93 bits per heavy atom. The zero-order valence-electron chi connectivity index (χ0n) is 23.7. The maximum atomic E-state index is 16.2. The van der Waals surface area contributed by atoms with Crippen molar-refractivity contribution < 1.29 is 13.9 Å². The maximum absolute atomic E-state index is 16.2. The standard InChI is InChI=1S/C32H37FN6O2/c1-32(41-2)13-19(14-32)16-39-28-23(33)10-22(31(40)38-17-21-7-8-25(38)27(21)34)11-24(28)36-30(39)26-12-20-4-3-9-35-29(20)37(26)15-18-5-6-18/h3-4,9-12,18-19,21,25,27H,5-8,13-17,34H2,1-2H3/t19?,21-,25?,27?,32?/m1/s1. The number of hydrogen-bond acceptors (Lipinski definition) is 5. The number of ether oxygens (including phenoxy) is 1. The van der Waals surface area contributed by atoms with E-state index in [1.54, 1.807) is 13.2 Å². The minimum absolute atomic E-state index is 0.0144. The van der Waals surface area contributed by atoms with Gasteiger partial charge in [-0.1, -0.05) is 0 Å². The molecule has 4 heterocycles. The molecule has 1 aliphatic heterocycles. The Balaban J connectivity index is 1.25. The fraction of sp³-hybridized carbons (Fsp3) is 0.531. The Morgan fingerprint density at radius 3 is 2.63 bits per heavy atom. The number of carbonyl (C=O) groups is 1. The van der Waals surface area contributed by atoms with Gasteiger partial charge in [0.25, 0.3) is 5.91 Å². The highest BCUT2D eigenvalue weighted by Gasteiger charge is 2.47. The molecule has 214 valence electrons. The molecular formula is C32H37FN6O2. The Morgan fingerprint density at radius 1 is 1.12 bits per heavy atom. The van der Waals surface area contributed by atoms with E-state index in [-0.39, 0.29) is 23.6 Å². The monoisotopic (exact) mass is 556 g/mol. The first-order valence-corrected chi connectivity index (χ1v) is 15.1. The molecule has 9 heteroatoms. The molecule has 8 nitrogen and oxygen atoms in total. The number of methoxy groups -OCH3 is 1. The van der Waals surface area contributed by atoms with E-state index in [0.29, 0.717) is 47.4 Å². The van der Waals surface area contributed by atoms with Crippen LogP contribution in [-0.2, 0) is 17.8 Å². The second kappa shape index (κ2) is 9.10. The highest BCUT2D eigenvalue weighted by atomic mass is 19.1. The fourth-order valence-electron chi connectivity index (χ4n) is 7.89. The molecule has 3 aliphatic carbocycles. The maximum Gasteiger partial charge on any atom is 0.254 e. The van der Waals surface area contributed by atoms with E-state index in [9.17, 15) is 4.79 Å². The smallest absolute Gasteiger partial charge is 0.254 e. The number of amides is 1. The summed E-state index contributed by atoms with van der Waals surface area (Å²) in [6.07, 6.45) is 8.04. The van der Waals surface area contributed by atoms with Crippen molar-refractivity contribution in [2.24, 2.45) is 23.5 Å². The predicted octanol–water partition coefficient (Wildman–Crippen LogP) is 4.98. The van der Waals surface area contributed by atoms with Crippen LogP contribution >= 0.6 is 0 Å². The largest absolute Gasteiger partial charge is 0.379 e. The molecule has 41 heavy (non-hydrogen) atoms. The summed E-state index contributed by atoms with van der Waals surface area (Å²) < 4.78 is 26.2. The molecule has 2 N–H and O–H groups in total. The number of fused-ring (bicyclic) bond motifs is 4. The number of aromatic nitrogens is 4. The quantitative estimate of drug-likeness (QED) is 0.347. The minimum Gasteiger partial charge on any atom is -0.379 e. The topological polar surface area (TPSA) is 91.2 Å². The molecule has 4 fully saturated rings. The molecule has 8 rings (SSSR count). The first-order chi connectivity index (χ1) is 19.8. The highest BCUT2D eigenvalue weighted by molar-refractivity contribution is 5.98. The van der Waals surface area contributed by atoms with Crippen molar-refractivity contribution in [1.29, 1.82) is 0 Å². The first-order valence-electron chi connectivity index (χ1n) is 15.1. The lowest BCUT2D eigenvalue weighted by Gasteiger charge is -2.44. The van der Waals surface area contributed by atoms with Crippen LogP contribution in [0.3, 0.4) is 0 Å². The number of nitrogens with two attached hydrogens (primary N) is 1. The Kier molecular flexibility index (Phi) is 5.64. The number of benzene rings is 1. The number of nitrogens with zero attached hydrogens (tertiary/aromatic N) is 5. The average Bonchev–Trinajstić information content (AvgIpc) is 3.31. The molecule has 0 spiro atoms. The van der Waals surface area contributed by atoms with E-state index < -0.39 is 5.82 Å². The van der Waals surface area contributed by atoms with E-state index in [1.165, 1.54) is 18.9 Å². The van der Waals surface area contributed by atoms with Gasteiger partial charge in [0.1, 0.15) is 17.0 Å².